The molecule has 6 nitrogen and oxygen atoms in total. The predicted octanol–water partition coefficient (Wildman–Crippen LogP) is 4.07. The summed E-state index contributed by atoms with van der Waals surface area (Å²) < 4.78 is 3.76. The Labute approximate surface area is 160 Å². The number of carbonyl (C=O) groups excluding carboxylic acids is 1. The van der Waals surface area contributed by atoms with E-state index in [0.717, 1.165) is 22.5 Å². The summed E-state index contributed by atoms with van der Waals surface area (Å²) in [5.74, 6) is -0.0614. The van der Waals surface area contributed by atoms with Crippen molar-refractivity contribution in [3.05, 3.63) is 71.9 Å². The van der Waals surface area contributed by atoms with Crippen LogP contribution in [-0.4, -0.2) is 31.6 Å². The smallest absolute Gasteiger partial charge is 0.277 e. The second-order valence-corrected chi connectivity index (χ2v) is 7.14. The number of nitrogens with zero attached hydrogens (tertiary/aromatic N) is 5. The minimum absolute atomic E-state index is 0.0614. The molecule has 0 fully saturated rings. The number of aromatic nitrogens is 4. The fraction of sp³-hybridized carbons (Fsp3) is 0.150. The molecule has 0 saturated heterocycles. The second-order valence-electron chi connectivity index (χ2n) is 6.70. The van der Waals surface area contributed by atoms with Gasteiger partial charge < -0.3 is 9.30 Å². The number of imidazole rings is 1. The first-order chi connectivity index (χ1) is 13.1. The summed E-state index contributed by atoms with van der Waals surface area (Å²) in [4.78, 5) is 19.4. The number of hydrogen-bond donors (Lipinski definition) is 0. The standard InChI is InChI=1S/C20H16ClN5O/c1-13-11-25(16-5-3-15(21)4-6-16)20(27)19-17(10-23-26(13)19)14-2-7-18-22-8-9-24(18)12-14/h2-10,12-13H,11H2,1H3/t13-/m0/s1. The van der Waals surface area contributed by atoms with Crippen LogP contribution < -0.4 is 4.90 Å². The van der Waals surface area contributed by atoms with Crippen LogP contribution in [0.5, 0.6) is 0 Å². The van der Waals surface area contributed by atoms with Gasteiger partial charge in [0.2, 0.25) is 0 Å². The van der Waals surface area contributed by atoms with Gasteiger partial charge in [0.15, 0.2) is 0 Å². The van der Waals surface area contributed by atoms with Crippen molar-refractivity contribution in [2.45, 2.75) is 13.0 Å². The maximum atomic E-state index is 13.3. The van der Waals surface area contributed by atoms with Crippen molar-refractivity contribution in [2.24, 2.45) is 0 Å². The van der Waals surface area contributed by atoms with Gasteiger partial charge in [-0.1, -0.05) is 11.6 Å². The minimum atomic E-state index is -0.0614. The molecule has 0 spiro atoms. The third-order valence-corrected chi connectivity index (χ3v) is 5.20. The SMILES string of the molecule is C[C@H]1CN(c2ccc(Cl)cc2)C(=O)c2c(-c3ccc4nccn4c3)cnn21. The van der Waals surface area contributed by atoms with E-state index in [0.29, 0.717) is 17.3 Å². The summed E-state index contributed by atoms with van der Waals surface area (Å²) in [5.41, 5.74) is 4.05. The molecular weight excluding hydrogens is 362 g/mol. The second kappa shape index (κ2) is 5.96. The lowest BCUT2D eigenvalue weighted by molar-refractivity contribution is 0.0954. The van der Waals surface area contributed by atoms with Crippen molar-refractivity contribution in [2.75, 3.05) is 11.4 Å². The normalized spacial score (nSPS) is 16.7. The molecular formula is C20H16ClN5O. The molecule has 134 valence electrons. The minimum Gasteiger partial charge on any atom is -0.306 e. The van der Waals surface area contributed by atoms with E-state index in [2.05, 4.69) is 17.0 Å². The molecule has 7 heteroatoms. The molecule has 0 N–H and O–H groups in total. The molecule has 0 unspecified atom stereocenters. The lowest BCUT2D eigenvalue weighted by atomic mass is 10.0. The molecule has 1 aromatic carbocycles. The molecule has 0 aliphatic carbocycles. The van der Waals surface area contributed by atoms with Crippen molar-refractivity contribution < 1.29 is 4.79 Å². The quantitative estimate of drug-likeness (QED) is 0.529. The highest BCUT2D eigenvalue weighted by molar-refractivity contribution is 6.30. The van der Waals surface area contributed by atoms with Crippen LogP contribution in [0.3, 0.4) is 0 Å². The van der Waals surface area contributed by atoms with Crippen LogP contribution in [0.15, 0.2) is 61.2 Å². The number of pyridine rings is 1. The van der Waals surface area contributed by atoms with Gasteiger partial charge in [0, 0.05) is 47.0 Å². The Balaban J connectivity index is 1.62. The molecule has 4 aromatic rings. The Bertz CT molecular complexity index is 1160. The van der Waals surface area contributed by atoms with Gasteiger partial charge in [-0.15, -0.1) is 0 Å². The fourth-order valence-electron chi connectivity index (χ4n) is 3.60. The molecule has 5 rings (SSSR count). The first-order valence-electron chi connectivity index (χ1n) is 8.70. The molecule has 1 atom stereocenters. The zero-order chi connectivity index (χ0) is 18.5. The summed E-state index contributed by atoms with van der Waals surface area (Å²) in [5, 5.41) is 5.15. The first-order valence-corrected chi connectivity index (χ1v) is 9.07. The maximum Gasteiger partial charge on any atom is 0.277 e. The Morgan fingerprint density at radius 3 is 2.78 bits per heavy atom. The predicted molar refractivity (Wildman–Crippen MR) is 104 cm³/mol. The van der Waals surface area contributed by atoms with Crippen molar-refractivity contribution in [1.29, 1.82) is 0 Å². The number of fused-ring (bicyclic) bond motifs is 2. The lowest BCUT2D eigenvalue weighted by Gasteiger charge is -2.32. The van der Waals surface area contributed by atoms with Gasteiger partial charge in [-0.25, -0.2) is 4.98 Å². The summed E-state index contributed by atoms with van der Waals surface area (Å²) in [6, 6.07) is 11.3. The largest absolute Gasteiger partial charge is 0.306 e. The van der Waals surface area contributed by atoms with E-state index in [1.807, 2.05) is 45.7 Å². The molecule has 3 aromatic heterocycles. The van der Waals surface area contributed by atoms with E-state index in [1.165, 1.54) is 0 Å². The van der Waals surface area contributed by atoms with E-state index < -0.39 is 0 Å². The highest BCUT2D eigenvalue weighted by atomic mass is 35.5. The van der Waals surface area contributed by atoms with Gasteiger partial charge in [-0.3, -0.25) is 9.48 Å². The Kier molecular flexibility index (Phi) is 3.55. The molecule has 1 aliphatic heterocycles. The fourth-order valence-corrected chi connectivity index (χ4v) is 3.72. The zero-order valence-electron chi connectivity index (χ0n) is 14.6. The highest BCUT2D eigenvalue weighted by Gasteiger charge is 2.33. The van der Waals surface area contributed by atoms with E-state index in [1.54, 1.807) is 29.4 Å². The molecule has 0 radical (unpaired) electrons. The van der Waals surface area contributed by atoms with Crippen LogP contribution in [0.1, 0.15) is 23.5 Å². The Morgan fingerprint density at radius 1 is 1.15 bits per heavy atom. The maximum absolute atomic E-state index is 13.3. The summed E-state index contributed by atoms with van der Waals surface area (Å²) in [7, 11) is 0. The molecule has 27 heavy (non-hydrogen) atoms. The molecule has 1 aliphatic rings. The average molecular weight is 378 g/mol. The van der Waals surface area contributed by atoms with E-state index >= 15 is 0 Å². The van der Waals surface area contributed by atoms with Crippen LogP contribution in [0.4, 0.5) is 5.69 Å². The van der Waals surface area contributed by atoms with Gasteiger partial charge in [-0.05, 0) is 43.3 Å². The number of amides is 1. The molecule has 0 bridgehead atoms. The zero-order valence-corrected chi connectivity index (χ0v) is 15.3. The van der Waals surface area contributed by atoms with Crippen molar-refractivity contribution >= 4 is 28.8 Å². The van der Waals surface area contributed by atoms with Crippen LogP contribution in [0, 0.1) is 0 Å². The third-order valence-electron chi connectivity index (χ3n) is 4.95. The highest BCUT2D eigenvalue weighted by Crippen LogP contribution is 2.33. The van der Waals surface area contributed by atoms with Crippen LogP contribution in [0.2, 0.25) is 5.02 Å². The molecule has 1 amide bonds. The van der Waals surface area contributed by atoms with Crippen LogP contribution in [0.25, 0.3) is 16.8 Å². The first kappa shape index (κ1) is 16.1. The van der Waals surface area contributed by atoms with E-state index in [9.17, 15) is 4.79 Å². The van der Waals surface area contributed by atoms with E-state index in [4.69, 9.17) is 11.6 Å². The molecule has 4 heterocycles. The summed E-state index contributed by atoms with van der Waals surface area (Å²) in [6.07, 6.45) is 7.38. The summed E-state index contributed by atoms with van der Waals surface area (Å²) in [6.45, 7) is 2.63. The number of benzene rings is 1. The Morgan fingerprint density at radius 2 is 1.96 bits per heavy atom. The third kappa shape index (κ3) is 2.52. The lowest BCUT2D eigenvalue weighted by Crippen LogP contribution is -2.42. The van der Waals surface area contributed by atoms with Gasteiger partial charge in [0.1, 0.15) is 11.3 Å². The Hall–Kier alpha value is -3.12. The number of anilines is 1. The van der Waals surface area contributed by atoms with Crippen LogP contribution >= 0.6 is 11.6 Å². The number of hydrogen-bond acceptors (Lipinski definition) is 3. The number of rotatable bonds is 2. The summed E-state index contributed by atoms with van der Waals surface area (Å²) >= 11 is 6.00. The number of carbonyl (C=O) groups is 1. The molecule has 0 saturated carbocycles. The van der Waals surface area contributed by atoms with E-state index in [-0.39, 0.29) is 11.9 Å². The van der Waals surface area contributed by atoms with Crippen molar-refractivity contribution in [3.63, 3.8) is 0 Å². The van der Waals surface area contributed by atoms with Crippen molar-refractivity contribution in [3.8, 4) is 11.1 Å². The van der Waals surface area contributed by atoms with Crippen LogP contribution in [-0.2, 0) is 0 Å². The van der Waals surface area contributed by atoms with Gasteiger partial charge >= 0.3 is 0 Å². The van der Waals surface area contributed by atoms with Gasteiger partial charge in [0.25, 0.3) is 5.91 Å². The van der Waals surface area contributed by atoms with Crippen molar-refractivity contribution in [1.82, 2.24) is 19.2 Å². The number of halogens is 1. The topological polar surface area (TPSA) is 55.4 Å². The average Bonchev–Trinajstić information content (AvgIpc) is 3.32. The van der Waals surface area contributed by atoms with Gasteiger partial charge in [0.05, 0.1) is 12.2 Å². The monoisotopic (exact) mass is 377 g/mol. The van der Waals surface area contributed by atoms with Gasteiger partial charge in [-0.2, -0.15) is 5.10 Å².